The molecule has 1 heterocycles. The molecule has 0 saturated carbocycles. The zero-order chi connectivity index (χ0) is 14.2. The fourth-order valence-corrected chi connectivity index (χ4v) is 2.67. The second kappa shape index (κ2) is 5.31. The smallest absolute Gasteiger partial charge is 0.334 e. The first-order valence-corrected chi connectivity index (χ1v) is 6.51. The van der Waals surface area contributed by atoms with Gasteiger partial charge in [-0.15, -0.1) is 0 Å². The van der Waals surface area contributed by atoms with Gasteiger partial charge in [0.2, 0.25) is 0 Å². The van der Waals surface area contributed by atoms with Crippen molar-refractivity contribution in [1.29, 1.82) is 0 Å². The molecular formula is C15H20O4. The van der Waals surface area contributed by atoms with E-state index in [9.17, 15) is 15.0 Å². The van der Waals surface area contributed by atoms with Crippen molar-refractivity contribution in [3.05, 3.63) is 36.0 Å². The first-order chi connectivity index (χ1) is 8.90. The molecule has 0 bridgehead atoms. The van der Waals surface area contributed by atoms with Crippen LogP contribution in [0.2, 0.25) is 0 Å². The molecule has 0 radical (unpaired) electrons. The molecule has 2 aliphatic rings. The van der Waals surface area contributed by atoms with Gasteiger partial charge in [0.15, 0.2) is 0 Å². The van der Waals surface area contributed by atoms with Crippen LogP contribution >= 0.6 is 0 Å². The van der Waals surface area contributed by atoms with Crippen molar-refractivity contribution in [2.24, 2.45) is 5.92 Å². The highest BCUT2D eigenvalue weighted by Gasteiger charge is 2.38. The molecule has 1 fully saturated rings. The Bertz CT molecular complexity index is 449. The third kappa shape index (κ3) is 2.80. The molecule has 0 spiro atoms. The van der Waals surface area contributed by atoms with Gasteiger partial charge in [-0.3, -0.25) is 0 Å². The molecule has 1 aliphatic heterocycles. The summed E-state index contributed by atoms with van der Waals surface area (Å²) in [5.41, 5.74) is 1.96. The fourth-order valence-electron chi connectivity index (χ4n) is 2.67. The minimum Gasteiger partial charge on any atom is -0.454 e. The lowest BCUT2D eigenvalue weighted by Crippen LogP contribution is -2.29. The van der Waals surface area contributed by atoms with Gasteiger partial charge >= 0.3 is 5.97 Å². The van der Waals surface area contributed by atoms with Gasteiger partial charge in [-0.25, -0.2) is 4.79 Å². The van der Waals surface area contributed by atoms with E-state index in [1.807, 2.05) is 13.0 Å². The number of ether oxygens (including phenoxy) is 1. The predicted molar refractivity (Wildman–Crippen MR) is 71.3 cm³/mol. The molecule has 4 heteroatoms. The normalized spacial score (nSPS) is 39.3. The van der Waals surface area contributed by atoms with E-state index in [0.717, 1.165) is 5.57 Å². The molecule has 0 unspecified atom stereocenters. The maximum absolute atomic E-state index is 11.6. The van der Waals surface area contributed by atoms with E-state index in [4.69, 9.17) is 4.74 Å². The molecule has 19 heavy (non-hydrogen) atoms. The molecule has 104 valence electrons. The van der Waals surface area contributed by atoms with Crippen LogP contribution in [0.15, 0.2) is 36.0 Å². The van der Waals surface area contributed by atoms with Crippen LogP contribution < -0.4 is 0 Å². The lowest BCUT2D eigenvalue weighted by molar-refractivity contribution is -0.137. The van der Waals surface area contributed by atoms with E-state index >= 15 is 0 Å². The van der Waals surface area contributed by atoms with Crippen molar-refractivity contribution in [3.63, 3.8) is 0 Å². The highest BCUT2D eigenvalue weighted by atomic mass is 16.5. The van der Waals surface area contributed by atoms with Gasteiger partial charge < -0.3 is 14.9 Å². The Kier molecular flexibility index (Phi) is 3.92. The van der Waals surface area contributed by atoms with Gasteiger partial charge in [0.05, 0.1) is 6.10 Å². The van der Waals surface area contributed by atoms with Crippen molar-refractivity contribution in [1.82, 2.24) is 0 Å². The van der Waals surface area contributed by atoms with Crippen LogP contribution in [0.5, 0.6) is 0 Å². The SMILES string of the molecule is C=C1CC[C@H]2C(=C)C(=O)O[C@@H]2/C=C(\C)C[C@H](O)[C@H]1O. The van der Waals surface area contributed by atoms with Gasteiger partial charge in [-0.2, -0.15) is 0 Å². The number of hydrogen-bond acceptors (Lipinski definition) is 4. The Morgan fingerprint density at radius 2 is 2.05 bits per heavy atom. The summed E-state index contributed by atoms with van der Waals surface area (Å²) < 4.78 is 5.29. The van der Waals surface area contributed by atoms with E-state index in [-0.39, 0.29) is 18.0 Å². The van der Waals surface area contributed by atoms with Crippen LogP contribution in [0, 0.1) is 5.92 Å². The van der Waals surface area contributed by atoms with E-state index in [1.165, 1.54) is 0 Å². The Morgan fingerprint density at radius 1 is 1.37 bits per heavy atom. The van der Waals surface area contributed by atoms with Gasteiger partial charge in [-0.05, 0) is 37.8 Å². The number of esters is 1. The predicted octanol–water partition coefficient (Wildman–Crippen LogP) is 1.49. The Labute approximate surface area is 113 Å². The number of carbonyl (C=O) groups excluding carboxylic acids is 1. The topological polar surface area (TPSA) is 66.8 Å². The van der Waals surface area contributed by atoms with Gasteiger partial charge in [0.1, 0.15) is 12.2 Å². The minimum atomic E-state index is -0.925. The van der Waals surface area contributed by atoms with E-state index in [0.29, 0.717) is 30.4 Å². The largest absolute Gasteiger partial charge is 0.454 e. The molecule has 0 aromatic carbocycles. The maximum atomic E-state index is 11.6. The number of hydrogen-bond donors (Lipinski definition) is 2. The minimum absolute atomic E-state index is 0.0679. The second-order valence-corrected chi connectivity index (χ2v) is 5.43. The number of fused-ring (bicyclic) bond motifs is 1. The molecular weight excluding hydrogens is 244 g/mol. The summed E-state index contributed by atoms with van der Waals surface area (Å²) in [4.78, 5) is 11.6. The second-order valence-electron chi connectivity index (χ2n) is 5.43. The average molecular weight is 264 g/mol. The van der Waals surface area contributed by atoms with E-state index in [2.05, 4.69) is 13.2 Å². The molecule has 1 saturated heterocycles. The number of rotatable bonds is 0. The summed E-state index contributed by atoms with van der Waals surface area (Å²) in [6, 6.07) is 0. The molecule has 4 atom stereocenters. The van der Waals surface area contributed by atoms with Gasteiger partial charge in [0, 0.05) is 11.5 Å². The van der Waals surface area contributed by atoms with Crippen LogP contribution in [0.4, 0.5) is 0 Å². The zero-order valence-corrected chi connectivity index (χ0v) is 11.1. The van der Waals surface area contributed by atoms with Gasteiger partial charge in [0.25, 0.3) is 0 Å². The number of aliphatic hydroxyl groups is 2. The summed E-state index contributed by atoms with van der Waals surface area (Å²) in [5.74, 6) is -0.424. The van der Waals surface area contributed by atoms with Crippen LogP contribution in [-0.2, 0) is 9.53 Å². The van der Waals surface area contributed by atoms with Crippen LogP contribution in [0.3, 0.4) is 0 Å². The lowest BCUT2D eigenvalue weighted by atomic mass is 9.85. The summed E-state index contributed by atoms with van der Waals surface area (Å²) in [6.45, 7) is 9.46. The van der Waals surface area contributed by atoms with Crippen molar-refractivity contribution >= 4 is 5.97 Å². The summed E-state index contributed by atoms with van der Waals surface area (Å²) in [6.07, 6.45) is 1.28. The van der Waals surface area contributed by atoms with Crippen LogP contribution in [0.1, 0.15) is 26.2 Å². The first kappa shape index (κ1) is 14.0. The Morgan fingerprint density at radius 3 is 2.74 bits per heavy atom. The average Bonchev–Trinajstić information content (AvgIpc) is 2.60. The molecule has 0 aromatic rings. The van der Waals surface area contributed by atoms with E-state index in [1.54, 1.807) is 0 Å². The number of carbonyl (C=O) groups is 1. The lowest BCUT2D eigenvalue weighted by Gasteiger charge is -2.24. The standard InChI is InChI=1S/C15H20O4/c1-8-6-12(16)14(17)9(2)4-5-11-10(3)15(18)19-13(11)7-8/h7,11-14,16-17H,2-6H2,1H3/b8-7+/t11-,12-,13+,14-/m0/s1. The summed E-state index contributed by atoms with van der Waals surface area (Å²) >= 11 is 0. The Hall–Kier alpha value is -1.39. The summed E-state index contributed by atoms with van der Waals surface area (Å²) in [7, 11) is 0. The quantitative estimate of drug-likeness (QED) is 0.395. The van der Waals surface area contributed by atoms with Crippen molar-refractivity contribution in [2.45, 2.75) is 44.5 Å². The van der Waals surface area contributed by atoms with Crippen LogP contribution in [-0.4, -0.2) is 34.5 Å². The summed E-state index contributed by atoms with van der Waals surface area (Å²) in [5, 5.41) is 19.9. The third-order valence-electron chi connectivity index (χ3n) is 3.89. The fraction of sp³-hybridized carbons (Fsp3) is 0.533. The van der Waals surface area contributed by atoms with Gasteiger partial charge in [-0.1, -0.05) is 18.7 Å². The third-order valence-corrected chi connectivity index (χ3v) is 3.89. The molecule has 0 aromatic heterocycles. The maximum Gasteiger partial charge on any atom is 0.334 e. The monoisotopic (exact) mass is 264 g/mol. The first-order valence-electron chi connectivity index (χ1n) is 6.51. The molecule has 1 aliphatic carbocycles. The zero-order valence-electron chi connectivity index (χ0n) is 11.1. The highest BCUT2D eigenvalue weighted by Crippen LogP contribution is 2.34. The van der Waals surface area contributed by atoms with E-state index < -0.39 is 12.2 Å². The number of aliphatic hydroxyl groups excluding tert-OH is 2. The van der Waals surface area contributed by atoms with Crippen molar-refractivity contribution in [2.75, 3.05) is 0 Å². The van der Waals surface area contributed by atoms with Crippen molar-refractivity contribution in [3.8, 4) is 0 Å². The van der Waals surface area contributed by atoms with Crippen LogP contribution in [0.25, 0.3) is 0 Å². The molecule has 2 rings (SSSR count). The molecule has 2 N–H and O–H groups in total. The Balaban J connectivity index is 2.28. The highest BCUT2D eigenvalue weighted by molar-refractivity contribution is 5.91. The molecule has 4 nitrogen and oxygen atoms in total. The molecule has 0 amide bonds. The van der Waals surface area contributed by atoms with Crippen molar-refractivity contribution < 1.29 is 19.7 Å².